The number of rotatable bonds is 4. The van der Waals surface area contributed by atoms with E-state index in [0.717, 1.165) is 0 Å². The number of nitrogens with one attached hydrogen (secondary N) is 1. The first kappa shape index (κ1) is 13.1. The summed E-state index contributed by atoms with van der Waals surface area (Å²) in [7, 11) is -3.68. The molecular weight excluding hydrogens is 232 g/mol. The monoisotopic (exact) mass is 248 g/mol. The van der Waals surface area contributed by atoms with Gasteiger partial charge < -0.3 is 9.63 Å². The van der Waals surface area contributed by atoms with Crippen molar-refractivity contribution in [2.75, 3.05) is 6.54 Å². The van der Waals surface area contributed by atoms with Crippen LogP contribution in [0.1, 0.15) is 25.3 Å². The van der Waals surface area contributed by atoms with Crippen molar-refractivity contribution < 1.29 is 18.0 Å². The fourth-order valence-corrected chi connectivity index (χ4v) is 2.73. The van der Waals surface area contributed by atoms with E-state index >= 15 is 0 Å². The largest absolute Gasteiger partial charge is 0.389 e. The zero-order valence-electron chi connectivity index (χ0n) is 9.73. The topological polar surface area (TPSA) is 92.4 Å². The maximum atomic E-state index is 11.9. The Hall–Kier alpha value is -0.920. The predicted octanol–water partition coefficient (Wildman–Crippen LogP) is 0.341. The standard InChI is InChI=1S/C9H16N2O4S/c1-6-8(7(2)15-11-6)16(13,14)10-5-9(3,4)12/h10,12H,5H2,1-4H3. The molecule has 0 spiro atoms. The summed E-state index contributed by atoms with van der Waals surface area (Å²) < 4.78 is 30.8. The van der Waals surface area contributed by atoms with E-state index in [0.29, 0.717) is 5.69 Å². The molecule has 0 aromatic carbocycles. The molecule has 2 N–H and O–H groups in total. The van der Waals surface area contributed by atoms with Gasteiger partial charge in [0.15, 0.2) is 5.76 Å². The second-order valence-corrected chi connectivity index (χ2v) is 5.99. The van der Waals surface area contributed by atoms with Crippen molar-refractivity contribution in [2.45, 2.75) is 38.2 Å². The summed E-state index contributed by atoms with van der Waals surface area (Å²) in [4.78, 5) is 0.0387. The number of nitrogens with zero attached hydrogens (tertiary/aromatic N) is 1. The molecule has 1 aromatic heterocycles. The first-order valence-corrected chi connectivity index (χ1v) is 6.27. The van der Waals surface area contributed by atoms with E-state index < -0.39 is 15.6 Å². The Morgan fingerprint density at radius 3 is 2.38 bits per heavy atom. The van der Waals surface area contributed by atoms with Crippen LogP contribution in [0.4, 0.5) is 0 Å². The summed E-state index contributed by atoms with van der Waals surface area (Å²) >= 11 is 0. The molecule has 0 aliphatic heterocycles. The highest BCUT2D eigenvalue weighted by Gasteiger charge is 2.26. The van der Waals surface area contributed by atoms with E-state index in [2.05, 4.69) is 9.88 Å². The van der Waals surface area contributed by atoms with E-state index in [4.69, 9.17) is 4.52 Å². The Morgan fingerprint density at radius 1 is 1.44 bits per heavy atom. The van der Waals surface area contributed by atoms with Crippen molar-refractivity contribution in [3.8, 4) is 0 Å². The van der Waals surface area contributed by atoms with Crippen LogP contribution in [0.3, 0.4) is 0 Å². The Kier molecular flexibility index (Phi) is 3.41. The van der Waals surface area contributed by atoms with Gasteiger partial charge in [-0.25, -0.2) is 13.1 Å². The molecule has 0 fully saturated rings. The molecule has 0 amide bonds. The number of hydrogen-bond donors (Lipinski definition) is 2. The number of sulfonamides is 1. The Balaban J connectivity index is 2.96. The summed E-state index contributed by atoms with van der Waals surface area (Å²) in [5.74, 6) is 0.237. The summed E-state index contributed by atoms with van der Waals surface area (Å²) in [5, 5.41) is 13.0. The molecule has 1 heterocycles. The van der Waals surface area contributed by atoms with Crippen LogP contribution in [0.25, 0.3) is 0 Å². The number of aromatic nitrogens is 1. The second kappa shape index (κ2) is 4.15. The van der Waals surface area contributed by atoms with Crippen molar-refractivity contribution in [3.63, 3.8) is 0 Å². The van der Waals surface area contributed by atoms with Gasteiger partial charge in [-0.05, 0) is 27.7 Å². The second-order valence-electron chi connectivity index (χ2n) is 4.29. The van der Waals surface area contributed by atoms with Gasteiger partial charge in [-0.15, -0.1) is 0 Å². The minimum atomic E-state index is -3.68. The third-order valence-electron chi connectivity index (χ3n) is 1.93. The van der Waals surface area contributed by atoms with Gasteiger partial charge in [0.1, 0.15) is 10.6 Å². The van der Waals surface area contributed by atoms with Crippen molar-refractivity contribution in [3.05, 3.63) is 11.5 Å². The van der Waals surface area contributed by atoms with Crippen LogP contribution in [-0.4, -0.2) is 30.8 Å². The highest BCUT2D eigenvalue weighted by atomic mass is 32.2. The zero-order chi connectivity index (χ0) is 12.6. The summed E-state index contributed by atoms with van der Waals surface area (Å²) in [6.45, 7) is 6.04. The Morgan fingerprint density at radius 2 is 2.00 bits per heavy atom. The fraction of sp³-hybridized carbons (Fsp3) is 0.667. The average molecular weight is 248 g/mol. The highest BCUT2D eigenvalue weighted by Crippen LogP contribution is 2.18. The minimum Gasteiger partial charge on any atom is -0.389 e. The van der Waals surface area contributed by atoms with E-state index in [1.54, 1.807) is 6.92 Å². The van der Waals surface area contributed by atoms with Crippen LogP contribution in [-0.2, 0) is 10.0 Å². The molecule has 0 aliphatic carbocycles. The van der Waals surface area contributed by atoms with Crippen LogP contribution < -0.4 is 4.72 Å². The van der Waals surface area contributed by atoms with Gasteiger partial charge in [0.25, 0.3) is 0 Å². The van der Waals surface area contributed by atoms with E-state index in [9.17, 15) is 13.5 Å². The highest BCUT2D eigenvalue weighted by molar-refractivity contribution is 7.89. The van der Waals surface area contributed by atoms with Crippen LogP contribution >= 0.6 is 0 Å². The maximum Gasteiger partial charge on any atom is 0.246 e. The van der Waals surface area contributed by atoms with Crippen LogP contribution in [0.2, 0.25) is 0 Å². The van der Waals surface area contributed by atoms with Crippen molar-refractivity contribution in [2.24, 2.45) is 0 Å². The summed E-state index contributed by atoms with van der Waals surface area (Å²) in [5.41, 5.74) is -0.799. The number of aryl methyl sites for hydroxylation is 2. The van der Waals surface area contributed by atoms with Gasteiger partial charge >= 0.3 is 0 Å². The quantitative estimate of drug-likeness (QED) is 0.801. The zero-order valence-corrected chi connectivity index (χ0v) is 10.6. The molecule has 0 radical (unpaired) electrons. The van der Waals surface area contributed by atoms with Gasteiger partial charge in [0, 0.05) is 6.54 Å². The van der Waals surface area contributed by atoms with E-state index in [1.807, 2.05) is 0 Å². The maximum absolute atomic E-state index is 11.9. The number of aliphatic hydroxyl groups is 1. The summed E-state index contributed by atoms with van der Waals surface area (Å²) in [6.07, 6.45) is 0. The molecule has 92 valence electrons. The van der Waals surface area contributed by atoms with Crippen LogP contribution in [0.5, 0.6) is 0 Å². The fourth-order valence-electron chi connectivity index (χ4n) is 1.20. The molecular formula is C9H16N2O4S. The molecule has 0 bridgehead atoms. The molecule has 16 heavy (non-hydrogen) atoms. The third kappa shape index (κ3) is 3.03. The minimum absolute atomic E-state index is 0.0387. The summed E-state index contributed by atoms with van der Waals surface area (Å²) in [6, 6.07) is 0. The molecule has 0 unspecified atom stereocenters. The smallest absolute Gasteiger partial charge is 0.246 e. The van der Waals surface area contributed by atoms with Gasteiger partial charge in [-0.1, -0.05) is 5.16 Å². The molecule has 6 nitrogen and oxygen atoms in total. The van der Waals surface area contributed by atoms with Crippen LogP contribution in [0.15, 0.2) is 9.42 Å². The first-order valence-electron chi connectivity index (χ1n) is 4.78. The van der Waals surface area contributed by atoms with Crippen molar-refractivity contribution in [1.82, 2.24) is 9.88 Å². The molecule has 1 rings (SSSR count). The van der Waals surface area contributed by atoms with Crippen LogP contribution in [0, 0.1) is 13.8 Å². The Labute approximate surface area is 94.7 Å². The third-order valence-corrected chi connectivity index (χ3v) is 3.58. The van der Waals surface area contributed by atoms with E-state index in [1.165, 1.54) is 20.8 Å². The normalized spacial score (nSPS) is 13.1. The van der Waals surface area contributed by atoms with Crippen molar-refractivity contribution >= 4 is 10.0 Å². The molecule has 7 heteroatoms. The van der Waals surface area contributed by atoms with Gasteiger partial charge in [0.05, 0.1) is 5.60 Å². The van der Waals surface area contributed by atoms with Gasteiger partial charge in [-0.2, -0.15) is 0 Å². The lowest BCUT2D eigenvalue weighted by Gasteiger charge is -2.17. The molecule has 0 saturated heterocycles. The first-order chi connectivity index (χ1) is 7.13. The number of hydrogen-bond acceptors (Lipinski definition) is 5. The molecule has 1 aromatic rings. The lowest BCUT2D eigenvalue weighted by atomic mass is 10.1. The average Bonchev–Trinajstić information content (AvgIpc) is 2.42. The SMILES string of the molecule is Cc1noc(C)c1S(=O)(=O)NCC(C)(C)O. The van der Waals surface area contributed by atoms with E-state index in [-0.39, 0.29) is 17.2 Å². The lowest BCUT2D eigenvalue weighted by molar-refractivity contribution is 0.0857. The Bertz CT molecular complexity index is 451. The van der Waals surface area contributed by atoms with Gasteiger partial charge in [-0.3, -0.25) is 0 Å². The molecule has 0 atom stereocenters. The molecule has 0 saturated carbocycles. The lowest BCUT2D eigenvalue weighted by Crippen LogP contribution is -2.38. The van der Waals surface area contributed by atoms with Gasteiger partial charge in [0.2, 0.25) is 10.0 Å². The molecule has 0 aliphatic rings. The predicted molar refractivity (Wildman–Crippen MR) is 57.5 cm³/mol. The van der Waals surface area contributed by atoms with Crippen molar-refractivity contribution in [1.29, 1.82) is 0 Å².